The van der Waals surface area contributed by atoms with Gasteiger partial charge in [0.05, 0.1) is 11.4 Å². The van der Waals surface area contributed by atoms with E-state index in [1.807, 2.05) is 25.1 Å². The lowest BCUT2D eigenvalue weighted by Gasteiger charge is -2.15. The number of halogens is 1. The van der Waals surface area contributed by atoms with Crippen molar-refractivity contribution in [1.29, 1.82) is 0 Å². The van der Waals surface area contributed by atoms with Crippen molar-refractivity contribution in [1.82, 2.24) is 9.62 Å². The molecule has 1 amide bonds. The molecule has 0 spiro atoms. The van der Waals surface area contributed by atoms with Gasteiger partial charge in [-0.2, -0.15) is 0 Å². The van der Waals surface area contributed by atoms with Gasteiger partial charge in [0.15, 0.2) is 0 Å². The smallest absolute Gasteiger partial charge is 0.242 e. The van der Waals surface area contributed by atoms with Gasteiger partial charge in [-0.1, -0.05) is 29.8 Å². The molecule has 140 valence electrons. The first-order chi connectivity index (χ1) is 12.2. The van der Waals surface area contributed by atoms with Crippen LogP contribution in [0.4, 0.5) is 5.69 Å². The highest BCUT2D eigenvalue weighted by Crippen LogP contribution is 2.19. The van der Waals surface area contributed by atoms with Crippen LogP contribution < -0.4 is 10.6 Å². The van der Waals surface area contributed by atoms with Crippen LogP contribution in [-0.4, -0.2) is 39.3 Å². The standard InChI is InChI=1S/C18H22ClN3O3S/c1-13(14-6-4-7-15(19)10-14)20-12-18(23)21-16-8-5-9-17(11-16)26(24,25)22(2)3/h4-11,13,20H,12H2,1-3H3,(H,21,23)/t13-/m0/s1. The number of carbonyl (C=O) groups is 1. The number of nitrogens with one attached hydrogen (secondary N) is 2. The Balaban J connectivity index is 1.98. The Morgan fingerprint density at radius 3 is 2.50 bits per heavy atom. The second-order valence-corrected chi connectivity index (χ2v) is 8.61. The molecule has 8 heteroatoms. The average Bonchev–Trinajstić information content (AvgIpc) is 2.59. The van der Waals surface area contributed by atoms with Crippen LogP contribution in [0.1, 0.15) is 18.5 Å². The number of carbonyl (C=O) groups excluding carboxylic acids is 1. The minimum Gasteiger partial charge on any atom is -0.325 e. The third-order valence-electron chi connectivity index (χ3n) is 3.81. The molecule has 0 unspecified atom stereocenters. The molecular weight excluding hydrogens is 374 g/mol. The van der Waals surface area contributed by atoms with E-state index < -0.39 is 10.0 Å². The summed E-state index contributed by atoms with van der Waals surface area (Å²) < 4.78 is 25.4. The van der Waals surface area contributed by atoms with Crippen molar-refractivity contribution in [2.24, 2.45) is 0 Å². The molecule has 0 aliphatic heterocycles. The summed E-state index contributed by atoms with van der Waals surface area (Å²) in [5, 5.41) is 6.45. The molecule has 0 fully saturated rings. The van der Waals surface area contributed by atoms with Crippen molar-refractivity contribution in [2.75, 3.05) is 26.0 Å². The summed E-state index contributed by atoms with van der Waals surface area (Å²) in [7, 11) is -0.627. The zero-order valence-electron chi connectivity index (χ0n) is 14.9. The molecular formula is C18H22ClN3O3S. The van der Waals surface area contributed by atoms with E-state index in [1.54, 1.807) is 18.2 Å². The Kier molecular flexibility index (Phi) is 6.77. The maximum Gasteiger partial charge on any atom is 0.242 e. The van der Waals surface area contributed by atoms with E-state index in [2.05, 4.69) is 10.6 Å². The van der Waals surface area contributed by atoms with Gasteiger partial charge >= 0.3 is 0 Å². The number of hydrogen-bond acceptors (Lipinski definition) is 4. The lowest BCUT2D eigenvalue weighted by Crippen LogP contribution is -2.30. The second-order valence-electron chi connectivity index (χ2n) is 6.02. The maximum absolute atomic E-state index is 12.2. The van der Waals surface area contributed by atoms with Gasteiger partial charge in [-0.3, -0.25) is 4.79 Å². The first-order valence-corrected chi connectivity index (χ1v) is 9.83. The predicted octanol–water partition coefficient (Wildman–Crippen LogP) is 2.88. The minimum absolute atomic E-state index is 0.0556. The quantitative estimate of drug-likeness (QED) is 0.755. The molecule has 2 aromatic rings. The lowest BCUT2D eigenvalue weighted by molar-refractivity contribution is -0.115. The number of rotatable bonds is 7. The number of nitrogens with zero attached hydrogens (tertiary/aromatic N) is 1. The first kappa shape index (κ1) is 20.4. The predicted molar refractivity (Wildman–Crippen MR) is 104 cm³/mol. The normalized spacial score (nSPS) is 12.8. The fourth-order valence-corrected chi connectivity index (χ4v) is 3.44. The number of amides is 1. The highest BCUT2D eigenvalue weighted by molar-refractivity contribution is 7.89. The lowest BCUT2D eigenvalue weighted by atomic mass is 10.1. The molecule has 0 aliphatic carbocycles. The SMILES string of the molecule is C[C@H](NCC(=O)Nc1cccc(S(=O)(=O)N(C)C)c1)c1cccc(Cl)c1. The monoisotopic (exact) mass is 395 g/mol. The van der Waals surface area contributed by atoms with E-state index in [-0.39, 0.29) is 23.4 Å². The van der Waals surface area contributed by atoms with E-state index in [4.69, 9.17) is 11.6 Å². The van der Waals surface area contributed by atoms with Crippen LogP contribution in [-0.2, 0) is 14.8 Å². The highest BCUT2D eigenvalue weighted by Gasteiger charge is 2.17. The summed E-state index contributed by atoms with van der Waals surface area (Å²) >= 11 is 5.97. The molecule has 0 bridgehead atoms. The van der Waals surface area contributed by atoms with Crippen molar-refractivity contribution >= 4 is 33.2 Å². The summed E-state index contributed by atoms with van der Waals surface area (Å²) in [6, 6.07) is 13.5. The van der Waals surface area contributed by atoms with Gasteiger partial charge in [0.25, 0.3) is 0 Å². The van der Waals surface area contributed by atoms with E-state index in [1.165, 1.54) is 26.2 Å². The molecule has 0 saturated carbocycles. The van der Waals surface area contributed by atoms with Gasteiger partial charge in [-0.05, 0) is 42.8 Å². The molecule has 0 saturated heterocycles. The Morgan fingerprint density at radius 2 is 1.85 bits per heavy atom. The zero-order valence-corrected chi connectivity index (χ0v) is 16.4. The Hall–Kier alpha value is -1.93. The molecule has 26 heavy (non-hydrogen) atoms. The van der Waals surface area contributed by atoms with Crippen LogP contribution in [0.2, 0.25) is 5.02 Å². The summed E-state index contributed by atoms with van der Waals surface area (Å²) in [6.07, 6.45) is 0. The third kappa shape index (κ3) is 5.28. The van der Waals surface area contributed by atoms with Crippen molar-refractivity contribution in [3.8, 4) is 0 Å². The van der Waals surface area contributed by atoms with Crippen LogP contribution in [0.3, 0.4) is 0 Å². The highest BCUT2D eigenvalue weighted by atomic mass is 35.5. The number of sulfonamides is 1. The number of anilines is 1. The summed E-state index contributed by atoms with van der Waals surface area (Å²) in [5.74, 6) is -0.265. The molecule has 1 atom stereocenters. The molecule has 0 aromatic heterocycles. The third-order valence-corrected chi connectivity index (χ3v) is 5.86. The van der Waals surface area contributed by atoms with Crippen LogP contribution in [0, 0.1) is 0 Å². The van der Waals surface area contributed by atoms with Gasteiger partial charge < -0.3 is 10.6 Å². The number of benzene rings is 2. The largest absolute Gasteiger partial charge is 0.325 e. The van der Waals surface area contributed by atoms with E-state index in [9.17, 15) is 13.2 Å². The van der Waals surface area contributed by atoms with Gasteiger partial charge in [0.2, 0.25) is 15.9 Å². The van der Waals surface area contributed by atoms with E-state index in [0.717, 1.165) is 9.87 Å². The molecule has 0 aliphatic rings. The van der Waals surface area contributed by atoms with Crippen molar-refractivity contribution in [3.63, 3.8) is 0 Å². The van der Waals surface area contributed by atoms with Crippen LogP contribution in [0.25, 0.3) is 0 Å². The zero-order chi connectivity index (χ0) is 19.3. The Bertz CT molecular complexity index is 885. The number of hydrogen-bond donors (Lipinski definition) is 2. The fourth-order valence-electron chi connectivity index (χ4n) is 2.29. The van der Waals surface area contributed by atoms with Crippen LogP contribution in [0.5, 0.6) is 0 Å². The molecule has 0 radical (unpaired) electrons. The van der Waals surface area contributed by atoms with Gasteiger partial charge in [0.1, 0.15) is 0 Å². The van der Waals surface area contributed by atoms with Crippen LogP contribution in [0.15, 0.2) is 53.4 Å². The maximum atomic E-state index is 12.2. The van der Waals surface area contributed by atoms with E-state index in [0.29, 0.717) is 10.7 Å². The van der Waals surface area contributed by atoms with E-state index >= 15 is 0 Å². The Labute approximate surface area is 159 Å². The average molecular weight is 396 g/mol. The van der Waals surface area contributed by atoms with Gasteiger partial charge in [0, 0.05) is 30.8 Å². The minimum atomic E-state index is -3.55. The molecule has 2 aromatic carbocycles. The summed E-state index contributed by atoms with van der Waals surface area (Å²) in [6.45, 7) is 2.02. The van der Waals surface area contributed by atoms with Gasteiger partial charge in [-0.25, -0.2) is 12.7 Å². The Morgan fingerprint density at radius 1 is 1.15 bits per heavy atom. The van der Waals surface area contributed by atoms with Crippen molar-refractivity contribution in [3.05, 3.63) is 59.1 Å². The molecule has 2 N–H and O–H groups in total. The van der Waals surface area contributed by atoms with Crippen LogP contribution >= 0.6 is 11.6 Å². The fraction of sp³-hybridized carbons (Fsp3) is 0.278. The van der Waals surface area contributed by atoms with Crippen molar-refractivity contribution < 1.29 is 13.2 Å². The second kappa shape index (κ2) is 8.64. The van der Waals surface area contributed by atoms with Crippen molar-refractivity contribution in [2.45, 2.75) is 17.9 Å². The van der Waals surface area contributed by atoms with Gasteiger partial charge in [-0.15, -0.1) is 0 Å². The topological polar surface area (TPSA) is 78.5 Å². The molecule has 6 nitrogen and oxygen atoms in total. The first-order valence-electron chi connectivity index (χ1n) is 8.01. The summed E-state index contributed by atoms with van der Waals surface area (Å²) in [5.41, 5.74) is 1.40. The summed E-state index contributed by atoms with van der Waals surface area (Å²) in [4.78, 5) is 12.3. The molecule has 0 heterocycles. The molecule has 2 rings (SSSR count).